The zero-order valence-corrected chi connectivity index (χ0v) is 12.6. The van der Waals surface area contributed by atoms with E-state index in [1.165, 1.54) is 6.20 Å². The van der Waals surface area contributed by atoms with Crippen molar-refractivity contribution in [3.05, 3.63) is 12.0 Å². The van der Waals surface area contributed by atoms with Crippen molar-refractivity contribution in [3.63, 3.8) is 0 Å². The van der Waals surface area contributed by atoms with Crippen LogP contribution in [0.4, 0.5) is 0 Å². The lowest BCUT2D eigenvalue weighted by Gasteiger charge is -2.12. The Labute approximate surface area is 122 Å². The van der Waals surface area contributed by atoms with Crippen LogP contribution < -0.4 is 10.5 Å². The highest BCUT2D eigenvalue weighted by molar-refractivity contribution is 7.89. The zero-order chi connectivity index (χ0) is 16.2. The Morgan fingerprint density at radius 1 is 1.52 bits per heavy atom. The number of aromatic nitrogens is 2. The maximum atomic E-state index is 12.1. The second kappa shape index (κ2) is 6.68. The maximum Gasteiger partial charge on any atom is 0.321 e. The monoisotopic (exact) mass is 318 g/mol. The molecular formula is C11H18N4O5S. The van der Waals surface area contributed by atoms with Gasteiger partial charge in [-0.15, -0.1) is 0 Å². The molecular weight excluding hydrogens is 300 g/mol. The van der Waals surface area contributed by atoms with Crippen molar-refractivity contribution in [3.8, 4) is 0 Å². The Morgan fingerprint density at radius 2 is 2.14 bits per heavy atom. The lowest BCUT2D eigenvalue weighted by Crippen LogP contribution is -2.41. The summed E-state index contributed by atoms with van der Waals surface area (Å²) >= 11 is 0. The molecule has 1 aromatic heterocycles. The molecule has 1 heterocycles. The fourth-order valence-corrected chi connectivity index (χ4v) is 2.93. The summed E-state index contributed by atoms with van der Waals surface area (Å²) in [6, 6.07) is -1.44. The number of nitrogens with zero attached hydrogens (tertiary/aromatic N) is 2. The summed E-state index contributed by atoms with van der Waals surface area (Å²) in [4.78, 5) is 25.6. The predicted octanol–water partition coefficient (Wildman–Crippen LogP) is -0.792. The minimum Gasteiger partial charge on any atom is -0.480 e. The molecule has 1 amide bonds. The number of aryl methyl sites for hydroxylation is 2. The summed E-state index contributed by atoms with van der Waals surface area (Å²) in [6.07, 6.45) is 0.865. The lowest BCUT2D eigenvalue weighted by molar-refractivity contribution is -0.139. The highest BCUT2D eigenvalue weighted by atomic mass is 32.2. The van der Waals surface area contributed by atoms with E-state index in [0.29, 0.717) is 12.4 Å². The van der Waals surface area contributed by atoms with Crippen LogP contribution in [0.1, 0.15) is 25.6 Å². The van der Waals surface area contributed by atoms with Crippen molar-refractivity contribution in [1.82, 2.24) is 14.3 Å². The highest BCUT2D eigenvalue weighted by Crippen LogP contribution is 2.11. The van der Waals surface area contributed by atoms with Crippen LogP contribution in [0.2, 0.25) is 0 Å². The third-order valence-electron chi connectivity index (χ3n) is 2.84. The van der Waals surface area contributed by atoms with E-state index in [1.54, 1.807) is 11.5 Å². The van der Waals surface area contributed by atoms with Crippen molar-refractivity contribution >= 4 is 21.9 Å². The van der Waals surface area contributed by atoms with Crippen LogP contribution in [0.15, 0.2) is 11.2 Å². The van der Waals surface area contributed by atoms with Gasteiger partial charge in [0.1, 0.15) is 11.9 Å². The van der Waals surface area contributed by atoms with Gasteiger partial charge in [0.05, 0.1) is 0 Å². The summed E-state index contributed by atoms with van der Waals surface area (Å²) in [5.41, 5.74) is 4.93. The summed E-state index contributed by atoms with van der Waals surface area (Å²) in [6.45, 7) is 4.01. The predicted molar refractivity (Wildman–Crippen MR) is 72.8 cm³/mol. The number of rotatable bonds is 8. The number of nitrogens with one attached hydrogen (secondary N) is 1. The molecule has 1 atom stereocenters. The maximum absolute atomic E-state index is 12.1. The fourth-order valence-electron chi connectivity index (χ4n) is 1.70. The van der Waals surface area contributed by atoms with Gasteiger partial charge >= 0.3 is 5.97 Å². The smallest absolute Gasteiger partial charge is 0.321 e. The molecule has 0 saturated heterocycles. The number of aliphatic carboxylic acids is 1. The van der Waals surface area contributed by atoms with Gasteiger partial charge in [-0.05, 0) is 20.3 Å². The average Bonchev–Trinajstić information content (AvgIpc) is 2.76. The van der Waals surface area contributed by atoms with Gasteiger partial charge in [-0.1, -0.05) is 0 Å². The second-order valence-electron chi connectivity index (χ2n) is 4.43. The number of nitrogens with two attached hydrogens (primary N) is 1. The fraction of sp³-hybridized carbons (Fsp3) is 0.545. The van der Waals surface area contributed by atoms with Gasteiger partial charge in [-0.3, -0.25) is 9.59 Å². The van der Waals surface area contributed by atoms with Crippen LogP contribution in [0.3, 0.4) is 0 Å². The number of carbonyl (C=O) groups excluding carboxylic acids is 1. The molecule has 21 heavy (non-hydrogen) atoms. The van der Waals surface area contributed by atoms with Gasteiger partial charge in [-0.25, -0.2) is 13.4 Å². The molecule has 0 aliphatic rings. The molecule has 9 nitrogen and oxygen atoms in total. The largest absolute Gasteiger partial charge is 0.480 e. The van der Waals surface area contributed by atoms with Crippen LogP contribution in [0.5, 0.6) is 0 Å². The third-order valence-corrected chi connectivity index (χ3v) is 4.19. The number of hydrogen-bond acceptors (Lipinski definition) is 5. The van der Waals surface area contributed by atoms with Crippen molar-refractivity contribution < 1.29 is 23.1 Å². The highest BCUT2D eigenvalue weighted by Gasteiger charge is 2.27. The molecule has 1 rings (SSSR count). The first-order chi connectivity index (χ1) is 9.67. The minimum absolute atomic E-state index is 0.225. The molecule has 0 fully saturated rings. The number of carboxylic acid groups (broad SMARTS) is 1. The Hall–Kier alpha value is -1.94. The average molecular weight is 318 g/mol. The Balaban J connectivity index is 2.94. The first-order valence-electron chi connectivity index (χ1n) is 6.24. The number of carbonyl (C=O) groups is 2. The zero-order valence-electron chi connectivity index (χ0n) is 11.7. The van der Waals surface area contributed by atoms with Crippen LogP contribution in [-0.2, 0) is 26.2 Å². The van der Waals surface area contributed by atoms with E-state index in [4.69, 9.17) is 10.8 Å². The number of sulfonamides is 1. The molecule has 0 aromatic carbocycles. The molecule has 0 aliphatic heterocycles. The van der Waals surface area contributed by atoms with E-state index in [2.05, 4.69) is 4.98 Å². The van der Waals surface area contributed by atoms with Gasteiger partial charge in [0, 0.05) is 19.2 Å². The molecule has 118 valence electrons. The minimum atomic E-state index is -4.08. The molecule has 0 bridgehead atoms. The Morgan fingerprint density at radius 3 is 2.57 bits per heavy atom. The number of primary amides is 1. The van der Waals surface area contributed by atoms with Crippen LogP contribution in [-0.4, -0.2) is 41.0 Å². The molecule has 1 aromatic rings. The summed E-state index contributed by atoms with van der Waals surface area (Å²) in [5, 5.41) is 8.74. The van der Waals surface area contributed by atoms with E-state index in [9.17, 15) is 18.0 Å². The van der Waals surface area contributed by atoms with Crippen LogP contribution in [0, 0.1) is 6.92 Å². The number of amides is 1. The molecule has 10 heteroatoms. The standard InChI is InChI=1S/C11H18N4O5S/c1-3-15-6-10(13-7(15)2)21(19,20)14-8(11(17)18)4-5-9(12)16/h6,8,14H,3-5H2,1-2H3,(H2,12,16)(H,17,18). The molecule has 0 saturated carbocycles. The topological polar surface area (TPSA) is 144 Å². The lowest BCUT2D eigenvalue weighted by atomic mass is 10.2. The molecule has 0 radical (unpaired) electrons. The normalized spacial score (nSPS) is 13.0. The van der Waals surface area contributed by atoms with E-state index in [-0.39, 0.29) is 17.9 Å². The second-order valence-corrected chi connectivity index (χ2v) is 6.09. The third kappa shape index (κ3) is 4.53. The number of imidazole rings is 1. The summed E-state index contributed by atoms with van der Waals surface area (Å²) < 4.78 is 27.9. The van der Waals surface area contributed by atoms with Crippen LogP contribution >= 0.6 is 0 Å². The SMILES string of the molecule is CCn1cc(S(=O)(=O)NC(CCC(N)=O)C(=O)O)nc1C. The first-order valence-corrected chi connectivity index (χ1v) is 7.73. The number of carboxylic acids is 1. The molecule has 1 unspecified atom stereocenters. The summed E-state index contributed by atoms with van der Waals surface area (Å²) in [7, 11) is -4.08. The van der Waals surface area contributed by atoms with Gasteiger partial charge in [0.15, 0.2) is 5.03 Å². The van der Waals surface area contributed by atoms with Crippen LogP contribution in [0.25, 0.3) is 0 Å². The van der Waals surface area contributed by atoms with Gasteiger partial charge < -0.3 is 15.4 Å². The molecule has 0 aliphatic carbocycles. The van der Waals surface area contributed by atoms with Gasteiger partial charge in [0.2, 0.25) is 5.91 Å². The Bertz CT molecular complexity index is 637. The Kier molecular flexibility index (Phi) is 5.44. The van der Waals surface area contributed by atoms with Crippen molar-refractivity contribution in [1.29, 1.82) is 0 Å². The van der Waals surface area contributed by atoms with E-state index >= 15 is 0 Å². The first kappa shape index (κ1) is 17.1. The van der Waals surface area contributed by atoms with Gasteiger partial charge in [-0.2, -0.15) is 4.72 Å². The molecule has 0 spiro atoms. The van der Waals surface area contributed by atoms with E-state index < -0.39 is 27.9 Å². The summed E-state index contributed by atoms with van der Waals surface area (Å²) in [5.74, 6) is -1.58. The van der Waals surface area contributed by atoms with E-state index in [1.807, 2.05) is 11.6 Å². The quantitative estimate of drug-likeness (QED) is 0.572. The van der Waals surface area contributed by atoms with Crippen molar-refractivity contribution in [2.45, 2.75) is 44.3 Å². The van der Waals surface area contributed by atoms with Crippen molar-refractivity contribution in [2.24, 2.45) is 5.73 Å². The van der Waals surface area contributed by atoms with Crippen molar-refractivity contribution in [2.75, 3.05) is 0 Å². The van der Waals surface area contributed by atoms with E-state index in [0.717, 1.165) is 0 Å². The molecule has 4 N–H and O–H groups in total. The van der Waals surface area contributed by atoms with Gasteiger partial charge in [0.25, 0.3) is 10.0 Å². The number of hydrogen-bond donors (Lipinski definition) is 3.